The Kier molecular flexibility index (Phi) is 5.87. The van der Waals surface area contributed by atoms with Gasteiger partial charge in [-0.15, -0.1) is 0 Å². The predicted molar refractivity (Wildman–Crippen MR) is 145 cm³/mol. The summed E-state index contributed by atoms with van der Waals surface area (Å²) in [7, 11) is 1.78. The van der Waals surface area contributed by atoms with Crippen LogP contribution < -0.4 is 20.3 Å². The van der Waals surface area contributed by atoms with Crippen molar-refractivity contribution in [2.75, 3.05) is 43.1 Å². The van der Waals surface area contributed by atoms with Crippen LogP contribution in [0.25, 0.3) is 0 Å². The average Bonchev–Trinajstić information content (AvgIpc) is 3.41. The van der Waals surface area contributed by atoms with Gasteiger partial charge in [0.05, 0.1) is 23.7 Å². The number of urea groups is 1. The third-order valence-electron chi connectivity index (χ3n) is 8.54. The van der Waals surface area contributed by atoms with Crippen molar-refractivity contribution >= 4 is 29.4 Å². The van der Waals surface area contributed by atoms with E-state index in [1.54, 1.807) is 29.2 Å². The molecule has 7 rings (SSSR count). The second-order valence-corrected chi connectivity index (χ2v) is 11.8. The number of fused-ring (bicyclic) bond motifs is 4. The molecule has 1 aliphatic carbocycles. The monoisotopic (exact) mass is 546 g/mol. The fourth-order valence-corrected chi connectivity index (χ4v) is 7.29. The van der Waals surface area contributed by atoms with Crippen molar-refractivity contribution in [3.63, 3.8) is 0 Å². The maximum absolute atomic E-state index is 12.7. The lowest BCUT2D eigenvalue weighted by Crippen LogP contribution is -2.45. The molecule has 39 heavy (non-hydrogen) atoms. The van der Waals surface area contributed by atoms with Crippen LogP contribution in [0.15, 0.2) is 46.7 Å². The fourth-order valence-electron chi connectivity index (χ4n) is 6.44. The second kappa shape index (κ2) is 9.32. The molecule has 202 valence electrons. The molecule has 3 aliphatic heterocycles. The van der Waals surface area contributed by atoms with Crippen LogP contribution in [-0.2, 0) is 13.0 Å². The number of aliphatic hydroxyl groups excluding tert-OH is 1. The van der Waals surface area contributed by atoms with Crippen molar-refractivity contribution in [2.24, 2.45) is 11.1 Å². The molecular formula is C27H30N8O3S. The van der Waals surface area contributed by atoms with Gasteiger partial charge in [0.25, 0.3) is 0 Å². The number of nitrogens with two attached hydrogens (primary N) is 1. The molecular weight excluding hydrogens is 516 g/mol. The van der Waals surface area contributed by atoms with E-state index in [2.05, 4.69) is 20.9 Å². The van der Waals surface area contributed by atoms with Gasteiger partial charge in [-0.2, -0.15) is 0 Å². The average molecular weight is 547 g/mol. The summed E-state index contributed by atoms with van der Waals surface area (Å²) < 4.78 is 6.07. The largest absolute Gasteiger partial charge is 0.486 e. The van der Waals surface area contributed by atoms with Gasteiger partial charge in [0.15, 0.2) is 17.4 Å². The van der Waals surface area contributed by atoms with Crippen LogP contribution in [0.2, 0.25) is 0 Å². The lowest BCUT2D eigenvalue weighted by Gasteiger charge is -2.42. The van der Waals surface area contributed by atoms with Crippen LogP contribution in [-0.4, -0.2) is 75.3 Å². The molecule has 1 spiro atoms. The standard InChI is InChI=1S/C27H30N8O3S/c1-33-13-16-15-38-22-20(4-8-30-25(22)35(16)26(33)37)39-21-12-31-24(19(14-36)32-21)34-9-5-27(6-10-34)11-18-17(23(27)28)3-2-7-29-18/h2-4,7-8,12,16,23,36H,5-6,9-11,13-15,28H2,1H3/t16?,23-/m1/s1. The maximum atomic E-state index is 12.7. The topological polar surface area (TPSA) is 134 Å². The van der Waals surface area contributed by atoms with Crippen LogP contribution in [0.1, 0.15) is 35.8 Å². The molecule has 0 bridgehead atoms. The number of amides is 2. The Morgan fingerprint density at radius 1 is 1.18 bits per heavy atom. The molecule has 2 amide bonds. The first-order valence-corrected chi connectivity index (χ1v) is 14.0. The van der Waals surface area contributed by atoms with Crippen molar-refractivity contribution in [3.8, 4) is 5.75 Å². The van der Waals surface area contributed by atoms with Crippen LogP contribution in [0.5, 0.6) is 5.75 Å². The van der Waals surface area contributed by atoms with E-state index < -0.39 is 0 Å². The van der Waals surface area contributed by atoms with Crippen molar-refractivity contribution < 1.29 is 14.6 Å². The number of likely N-dealkylation sites (N-methyl/N-ethyl adjacent to an activating group) is 1. The smallest absolute Gasteiger partial charge is 0.326 e. The number of hydrogen-bond acceptors (Lipinski definition) is 10. The SMILES string of the molecule is CN1CC2COc3c(Sc4cnc(N5CCC6(CC5)Cc5ncccc5[C@H]6N)c(CO)n4)ccnc3N2C1=O. The predicted octanol–water partition coefficient (Wildman–Crippen LogP) is 2.39. The molecule has 2 saturated heterocycles. The number of ether oxygens (including phenoxy) is 1. The summed E-state index contributed by atoms with van der Waals surface area (Å²) in [5, 5.41) is 10.8. The number of aromatic nitrogens is 4. The number of piperidine rings is 1. The van der Waals surface area contributed by atoms with Gasteiger partial charge >= 0.3 is 6.03 Å². The van der Waals surface area contributed by atoms with E-state index in [1.165, 1.54) is 17.3 Å². The Morgan fingerprint density at radius 3 is 2.82 bits per heavy atom. The molecule has 6 heterocycles. The molecule has 2 fully saturated rings. The lowest BCUT2D eigenvalue weighted by atomic mass is 9.73. The number of pyridine rings is 2. The fraction of sp³-hybridized carbons (Fsp3) is 0.444. The Morgan fingerprint density at radius 2 is 2.03 bits per heavy atom. The zero-order valence-electron chi connectivity index (χ0n) is 21.7. The van der Waals surface area contributed by atoms with Crippen LogP contribution in [0.4, 0.5) is 16.4 Å². The van der Waals surface area contributed by atoms with Crippen molar-refractivity contribution in [1.82, 2.24) is 24.8 Å². The first-order chi connectivity index (χ1) is 19.0. The Labute approximate surface area is 230 Å². The summed E-state index contributed by atoms with van der Waals surface area (Å²) in [5.41, 5.74) is 9.55. The summed E-state index contributed by atoms with van der Waals surface area (Å²) in [6.07, 6.45) is 8.03. The van der Waals surface area contributed by atoms with Gasteiger partial charge in [-0.25, -0.2) is 19.7 Å². The van der Waals surface area contributed by atoms with Gasteiger partial charge in [-0.3, -0.25) is 9.88 Å². The quantitative estimate of drug-likeness (QED) is 0.502. The van der Waals surface area contributed by atoms with Crippen molar-refractivity contribution in [3.05, 3.63) is 53.7 Å². The van der Waals surface area contributed by atoms with Crippen LogP contribution in [0.3, 0.4) is 0 Å². The highest BCUT2D eigenvalue weighted by Crippen LogP contribution is 2.50. The summed E-state index contributed by atoms with van der Waals surface area (Å²) >= 11 is 1.39. The highest BCUT2D eigenvalue weighted by atomic mass is 32.2. The molecule has 0 saturated carbocycles. The van der Waals surface area contributed by atoms with E-state index in [1.807, 2.05) is 18.3 Å². The third-order valence-corrected chi connectivity index (χ3v) is 9.49. The zero-order valence-corrected chi connectivity index (χ0v) is 22.5. The van der Waals surface area contributed by atoms with Crippen molar-refractivity contribution in [2.45, 2.75) is 47.9 Å². The summed E-state index contributed by atoms with van der Waals surface area (Å²) in [6.45, 7) is 2.39. The lowest BCUT2D eigenvalue weighted by molar-refractivity contribution is 0.186. The first-order valence-electron chi connectivity index (χ1n) is 13.2. The summed E-state index contributed by atoms with van der Waals surface area (Å²) in [4.78, 5) is 37.6. The molecule has 3 aromatic heterocycles. The van der Waals surface area contributed by atoms with E-state index in [9.17, 15) is 9.90 Å². The van der Waals surface area contributed by atoms with Crippen molar-refractivity contribution in [1.29, 1.82) is 0 Å². The second-order valence-electron chi connectivity index (χ2n) is 10.7. The van der Waals surface area contributed by atoms with E-state index in [0.717, 1.165) is 42.9 Å². The van der Waals surface area contributed by atoms with E-state index in [4.69, 9.17) is 20.4 Å². The number of carbonyl (C=O) groups is 1. The van der Waals surface area contributed by atoms with Gasteiger partial charge < -0.3 is 25.4 Å². The van der Waals surface area contributed by atoms with E-state index in [-0.39, 0.29) is 30.1 Å². The van der Waals surface area contributed by atoms with Crippen LogP contribution in [0, 0.1) is 5.41 Å². The van der Waals surface area contributed by atoms with Gasteiger partial charge in [0.2, 0.25) is 0 Å². The first kappa shape index (κ1) is 24.6. The number of nitrogens with zero attached hydrogens (tertiary/aromatic N) is 7. The van der Waals surface area contributed by atoms with Gasteiger partial charge in [0.1, 0.15) is 17.3 Å². The molecule has 0 radical (unpaired) electrons. The normalized spacial score (nSPS) is 23.1. The highest BCUT2D eigenvalue weighted by molar-refractivity contribution is 7.99. The van der Waals surface area contributed by atoms with E-state index >= 15 is 0 Å². The Hall–Kier alpha value is -3.48. The van der Waals surface area contributed by atoms with E-state index in [0.29, 0.717) is 41.3 Å². The molecule has 1 unspecified atom stereocenters. The maximum Gasteiger partial charge on any atom is 0.326 e. The number of carbonyl (C=O) groups excluding carboxylic acids is 1. The highest BCUT2D eigenvalue weighted by Gasteiger charge is 2.47. The molecule has 12 heteroatoms. The minimum Gasteiger partial charge on any atom is -0.486 e. The zero-order chi connectivity index (χ0) is 26.7. The molecule has 0 aromatic carbocycles. The molecule has 3 N–H and O–H groups in total. The summed E-state index contributed by atoms with van der Waals surface area (Å²) in [6, 6.07) is 5.79. The molecule has 4 aliphatic rings. The number of anilines is 2. The Bertz CT molecular complexity index is 1450. The van der Waals surface area contributed by atoms with Gasteiger partial charge in [-0.1, -0.05) is 17.8 Å². The minimum atomic E-state index is -0.214. The minimum absolute atomic E-state index is 0.00874. The number of rotatable bonds is 4. The van der Waals surface area contributed by atoms with Gasteiger partial charge in [-0.05, 0) is 42.4 Å². The summed E-state index contributed by atoms with van der Waals surface area (Å²) in [5.74, 6) is 1.81. The van der Waals surface area contributed by atoms with Gasteiger partial charge in [0, 0.05) is 50.8 Å². The Balaban J connectivity index is 1.09. The molecule has 11 nitrogen and oxygen atoms in total. The molecule has 2 atom stereocenters. The molecule has 3 aromatic rings. The third kappa shape index (κ3) is 3.92. The number of aliphatic hydroxyl groups is 1. The number of hydrogen-bond donors (Lipinski definition) is 2. The van der Waals surface area contributed by atoms with Crippen LogP contribution >= 0.6 is 11.8 Å².